The van der Waals surface area contributed by atoms with Gasteiger partial charge in [0.25, 0.3) is 0 Å². The first-order valence-electron chi connectivity index (χ1n) is 5.56. The van der Waals surface area contributed by atoms with Crippen LogP contribution in [0, 0.1) is 0 Å². The van der Waals surface area contributed by atoms with Gasteiger partial charge in [-0.25, -0.2) is 4.79 Å². The van der Waals surface area contributed by atoms with E-state index in [1.165, 1.54) is 12.8 Å². The predicted octanol–water partition coefficient (Wildman–Crippen LogP) is 0.451. The van der Waals surface area contributed by atoms with Crippen LogP contribution in [0.3, 0.4) is 0 Å². The minimum atomic E-state index is -0.365. The topological polar surface area (TPSA) is 76.4 Å². The number of nitrogens with two attached hydrogens (primary N) is 1. The van der Waals surface area contributed by atoms with E-state index >= 15 is 0 Å². The van der Waals surface area contributed by atoms with Crippen LogP contribution in [0.4, 0.5) is 4.79 Å². The summed E-state index contributed by atoms with van der Waals surface area (Å²) in [4.78, 5) is 10.9. The molecule has 0 rings (SSSR count). The summed E-state index contributed by atoms with van der Waals surface area (Å²) in [5.41, 5.74) is 5.19. The van der Waals surface area contributed by atoms with Crippen LogP contribution in [0.15, 0.2) is 0 Å². The van der Waals surface area contributed by atoms with Crippen molar-refractivity contribution in [3.8, 4) is 0 Å². The van der Waals surface area contributed by atoms with Crippen molar-refractivity contribution in [3.63, 3.8) is 0 Å². The molecule has 0 aliphatic rings. The number of hydrogen-bond donors (Lipinski definition) is 3. The van der Waals surface area contributed by atoms with Crippen molar-refractivity contribution in [2.75, 3.05) is 33.3 Å². The average molecular weight is 217 g/mol. The molecule has 0 unspecified atom stereocenters. The third-order valence-electron chi connectivity index (χ3n) is 1.97. The summed E-state index contributed by atoms with van der Waals surface area (Å²) in [5, 5.41) is 5.77. The van der Waals surface area contributed by atoms with E-state index in [9.17, 15) is 4.79 Å². The minimum Gasteiger partial charge on any atom is -0.448 e. The van der Waals surface area contributed by atoms with Crippen LogP contribution in [-0.2, 0) is 4.74 Å². The fraction of sp³-hybridized carbons (Fsp3) is 0.900. The van der Waals surface area contributed by atoms with Gasteiger partial charge in [0.05, 0.1) is 0 Å². The Kier molecular flexibility index (Phi) is 10.7. The zero-order valence-electron chi connectivity index (χ0n) is 9.55. The molecule has 0 heterocycles. The average Bonchev–Trinajstić information content (AvgIpc) is 2.25. The number of alkyl carbamates (subject to hydrolysis) is 1. The number of ether oxygens (including phenoxy) is 1. The van der Waals surface area contributed by atoms with Crippen molar-refractivity contribution in [2.45, 2.75) is 25.7 Å². The second-order valence-electron chi connectivity index (χ2n) is 3.37. The number of unbranched alkanes of at least 4 members (excludes halogenated alkanes) is 3. The normalized spacial score (nSPS) is 10.0. The Morgan fingerprint density at radius 2 is 1.87 bits per heavy atom. The molecule has 0 aliphatic carbocycles. The maximum atomic E-state index is 10.9. The van der Waals surface area contributed by atoms with Crippen molar-refractivity contribution in [1.29, 1.82) is 0 Å². The molecular formula is C10H23N3O2. The predicted molar refractivity (Wildman–Crippen MR) is 60.8 cm³/mol. The standard InChI is InChI=1S/C10H23N3O2/c1-12-7-4-2-3-5-8-13-10(14)15-9-6-11/h12H,2-9,11H2,1H3,(H,13,14). The molecule has 5 nitrogen and oxygen atoms in total. The SMILES string of the molecule is CNCCCCCCNC(=O)OCCN. The molecule has 0 aromatic heterocycles. The first-order valence-corrected chi connectivity index (χ1v) is 5.56. The fourth-order valence-electron chi connectivity index (χ4n) is 1.17. The highest BCUT2D eigenvalue weighted by Crippen LogP contribution is 1.97. The van der Waals surface area contributed by atoms with Crippen molar-refractivity contribution in [3.05, 3.63) is 0 Å². The third-order valence-corrected chi connectivity index (χ3v) is 1.97. The van der Waals surface area contributed by atoms with Gasteiger partial charge in [-0.05, 0) is 26.4 Å². The molecule has 0 saturated heterocycles. The maximum Gasteiger partial charge on any atom is 0.407 e. The number of carbonyl (C=O) groups is 1. The molecular weight excluding hydrogens is 194 g/mol. The quantitative estimate of drug-likeness (QED) is 0.490. The second-order valence-corrected chi connectivity index (χ2v) is 3.37. The molecule has 0 radical (unpaired) electrons. The van der Waals surface area contributed by atoms with Gasteiger partial charge in [0.1, 0.15) is 6.61 Å². The van der Waals surface area contributed by atoms with Crippen LogP contribution in [0.5, 0.6) is 0 Å². The number of carbonyl (C=O) groups excluding carboxylic acids is 1. The summed E-state index contributed by atoms with van der Waals surface area (Å²) >= 11 is 0. The lowest BCUT2D eigenvalue weighted by atomic mass is 10.2. The van der Waals surface area contributed by atoms with Crippen molar-refractivity contribution in [1.82, 2.24) is 10.6 Å². The number of hydrogen-bond acceptors (Lipinski definition) is 4. The Balaban J connectivity index is 3.06. The van der Waals surface area contributed by atoms with E-state index in [0.717, 1.165) is 19.4 Å². The van der Waals surface area contributed by atoms with E-state index in [2.05, 4.69) is 10.6 Å². The molecule has 0 bridgehead atoms. The van der Waals surface area contributed by atoms with Gasteiger partial charge in [0, 0.05) is 13.1 Å². The maximum absolute atomic E-state index is 10.9. The van der Waals surface area contributed by atoms with Gasteiger partial charge in [-0.2, -0.15) is 0 Å². The Hall–Kier alpha value is -0.810. The zero-order valence-corrected chi connectivity index (χ0v) is 9.55. The van der Waals surface area contributed by atoms with E-state index < -0.39 is 0 Å². The molecule has 0 aromatic rings. The van der Waals surface area contributed by atoms with E-state index in [1.807, 2.05) is 7.05 Å². The van der Waals surface area contributed by atoms with Crippen molar-refractivity contribution < 1.29 is 9.53 Å². The van der Waals surface area contributed by atoms with Gasteiger partial charge in [0.2, 0.25) is 0 Å². The summed E-state index contributed by atoms with van der Waals surface area (Å²) in [5.74, 6) is 0. The van der Waals surface area contributed by atoms with Gasteiger partial charge in [-0.15, -0.1) is 0 Å². The summed E-state index contributed by atoms with van der Waals surface area (Å²) in [7, 11) is 1.95. The van der Waals surface area contributed by atoms with Gasteiger partial charge >= 0.3 is 6.09 Å². The molecule has 0 saturated carbocycles. The summed E-state index contributed by atoms with van der Waals surface area (Å²) in [6, 6.07) is 0. The van der Waals surface area contributed by atoms with Crippen LogP contribution < -0.4 is 16.4 Å². The van der Waals surface area contributed by atoms with Crippen molar-refractivity contribution >= 4 is 6.09 Å². The third kappa shape index (κ3) is 11.1. The number of rotatable bonds is 9. The van der Waals surface area contributed by atoms with Crippen LogP contribution >= 0.6 is 0 Å². The molecule has 4 N–H and O–H groups in total. The fourth-order valence-corrected chi connectivity index (χ4v) is 1.17. The van der Waals surface area contributed by atoms with E-state index in [-0.39, 0.29) is 12.7 Å². The summed E-state index contributed by atoms with van der Waals surface area (Å²) < 4.78 is 4.75. The zero-order chi connectivity index (χ0) is 11.4. The molecule has 1 amide bonds. The Labute approximate surface area is 91.7 Å². The van der Waals surface area contributed by atoms with Crippen LogP contribution in [0.25, 0.3) is 0 Å². The highest BCUT2D eigenvalue weighted by atomic mass is 16.5. The van der Waals surface area contributed by atoms with Crippen molar-refractivity contribution in [2.24, 2.45) is 5.73 Å². The summed E-state index contributed by atoms with van der Waals surface area (Å²) in [6.45, 7) is 2.40. The van der Waals surface area contributed by atoms with E-state index in [1.54, 1.807) is 0 Å². The van der Waals surface area contributed by atoms with Crippen LogP contribution in [0.1, 0.15) is 25.7 Å². The molecule has 0 aliphatic heterocycles. The number of nitrogens with one attached hydrogen (secondary N) is 2. The minimum absolute atomic E-state index is 0.286. The molecule has 15 heavy (non-hydrogen) atoms. The second kappa shape index (κ2) is 11.3. The van der Waals surface area contributed by atoms with Gasteiger partial charge < -0.3 is 21.1 Å². The lowest BCUT2D eigenvalue weighted by Gasteiger charge is -2.05. The highest BCUT2D eigenvalue weighted by molar-refractivity contribution is 5.66. The smallest absolute Gasteiger partial charge is 0.407 e. The van der Waals surface area contributed by atoms with Gasteiger partial charge in [0.15, 0.2) is 0 Å². The first kappa shape index (κ1) is 14.2. The molecule has 5 heteroatoms. The molecule has 0 fully saturated rings. The molecule has 0 atom stereocenters. The van der Waals surface area contributed by atoms with Gasteiger partial charge in [-0.3, -0.25) is 0 Å². The molecule has 0 spiro atoms. The van der Waals surface area contributed by atoms with E-state index in [4.69, 9.17) is 10.5 Å². The van der Waals surface area contributed by atoms with Gasteiger partial charge in [-0.1, -0.05) is 12.8 Å². The van der Waals surface area contributed by atoms with Crippen LogP contribution in [0.2, 0.25) is 0 Å². The highest BCUT2D eigenvalue weighted by Gasteiger charge is 1.98. The Morgan fingerprint density at radius 1 is 1.20 bits per heavy atom. The molecule has 90 valence electrons. The lowest BCUT2D eigenvalue weighted by molar-refractivity contribution is 0.149. The first-order chi connectivity index (χ1) is 7.31. The van der Waals surface area contributed by atoms with Crippen LogP contribution in [-0.4, -0.2) is 39.4 Å². The lowest BCUT2D eigenvalue weighted by Crippen LogP contribution is -2.27. The largest absolute Gasteiger partial charge is 0.448 e. The molecule has 0 aromatic carbocycles. The summed E-state index contributed by atoms with van der Waals surface area (Å²) in [6.07, 6.45) is 4.16. The Bertz CT molecular complexity index is 154. The monoisotopic (exact) mass is 217 g/mol. The van der Waals surface area contributed by atoms with E-state index in [0.29, 0.717) is 13.1 Å². The number of amides is 1. The Morgan fingerprint density at radius 3 is 2.47 bits per heavy atom.